The van der Waals surface area contributed by atoms with E-state index in [1.807, 2.05) is 78.9 Å². The van der Waals surface area contributed by atoms with Crippen molar-refractivity contribution >= 4 is 11.6 Å². The van der Waals surface area contributed by atoms with Crippen molar-refractivity contribution < 1.29 is 0 Å². The summed E-state index contributed by atoms with van der Waals surface area (Å²) in [5, 5.41) is 12.2. The van der Waals surface area contributed by atoms with Crippen molar-refractivity contribution in [3.8, 4) is 22.5 Å². The van der Waals surface area contributed by atoms with E-state index in [1.165, 1.54) is 5.56 Å². The lowest BCUT2D eigenvalue weighted by Gasteiger charge is -2.12. The molecule has 3 aromatic carbocycles. The molecule has 4 aromatic rings. The van der Waals surface area contributed by atoms with Gasteiger partial charge in [-0.25, -0.2) is 4.98 Å². The van der Waals surface area contributed by atoms with Crippen LogP contribution < -0.4 is 5.32 Å². The third kappa shape index (κ3) is 3.70. The van der Waals surface area contributed by atoms with Crippen molar-refractivity contribution in [2.75, 3.05) is 5.32 Å². The Labute approximate surface area is 159 Å². The third-order valence-electron chi connectivity index (χ3n) is 4.43. The van der Waals surface area contributed by atoms with Crippen LogP contribution in [0.25, 0.3) is 22.5 Å². The van der Waals surface area contributed by atoms with Crippen molar-refractivity contribution in [1.29, 1.82) is 0 Å². The van der Waals surface area contributed by atoms with Crippen LogP contribution in [0.2, 0.25) is 0 Å². The molecule has 1 aromatic heterocycles. The zero-order chi connectivity index (χ0) is 18.5. The summed E-state index contributed by atoms with van der Waals surface area (Å²) in [6.45, 7) is 2.13. The molecule has 4 heteroatoms. The molecule has 0 aliphatic heterocycles. The average molecular weight is 352 g/mol. The van der Waals surface area contributed by atoms with Crippen LogP contribution in [0.4, 0.5) is 11.6 Å². The molecule has 0 spiro atoms. The summed E-state index contributed by atoms with van der Waals surface area (Å²) in [6.07, 6.45) is 0.935. The Morgan fingerprint density at radius 2 is 1.26 bits per heavy atom. The van der Waals surface area contributed by atoms with Crippen LogP contribution in [0.15, 0.2) is 84.9 Å². The molecule has 0 saturated heterocycles. The summed E-state index contributed by atoms with van der Waals surface area (Å²) in [6, 6.07) is 28.3. The maximum absolute atomic E-state index is 4.81. The molecule has 1 N–H and O–H groups in total. The molecule has 0 atom stereocenters. The molecule has 0 aliphatic rings. The number of nitrogens with zero attached hydrogens (tertiary/aromatic N) is 3. The maximum atomic E-state index is 4.81. The Bertz CT molecular complexity index is 1030. The SMILES string of the molecule is CCc1ccccc1Nc1nnc(-c2ccccc2)c(-c2ccccc2)n1. The molecule has 0 radical (unpaired) electrons. The Hall–Kier alpha value is -3.53. The lowest BCUT2D eigenvalue weighted by molar-refractivity contribution is 0.987. The Morgan fingerprint density at radius 1 is 0.667 bits per heavy atom. The van der Waals surface area contributed by atoms with Crippen LogP contribution in [0, 0.1) is 0 Å². The van der Waals surface area contributed by atoms with Gasteiger partial charge < -0.3 is 5.32 Å². The monoisotopic (exact) mass is 352 g/mol. The minimum atomic E-state index is 0.495. The predicted octanol–water partition coefficient (Wildman–Crippen LogP) is 5.51. The molecular formula is C23H20N4. The van der Waals surface area contributed by atoms with Crippen molar-refractivity contribution in [1.82, 2.24) is 15.2 Å². The third-order valence-corrected chi connectivity index (χ3v) is 4.43. The predicted molar refractivity (Wildman–Crippen MR) is 110 cm³/mol. The Balaban J connectivity index is 1.80. The summed E-state index contributed by atoms with van der Waals surface area (Å²) in [5.74, 6) is 0.495. The summed E-state index contributed by atoms with van der Waals surface area (Å²) in [4.78, 5) is 4.81. The normalized spacial score (nSPS) is 10.6. The van der Waals surface area contributed by atoms with Gasteiger partial charge in [0.25, 0.3) is 0 Å². The molecule has 132 valence electrons. The van der Waals surface area contributed by atoms with Crippen molar-refractivity contribution in [3.63, 3.8) is 0 Å². The fraction of sp³-hybridized carbons (Fsp3) is 0.0870. The smallest absolute Gasteiger partial charge is 0.247 e. The summed E-state index contributed by atoms with van der Waals surface area (Å²) < 4.78 is 0. The van der Waals surface area contributed by atoms with Crippen LogP contribution in [0.3, 0.4) is 0 Å². The standard InChI is InChI=1S/C23H20N4/c1-2-17-11-9-10-16-20(17)24-23-25-21(18-12-5-3-6-13-18)22(26-27-23)19-14-7-4-8-15-19/h3-16H,2H2,1H3,(H,24,25,27). The highest BCUT2D eigenvalue weighted by Crippen LogP contribution is 2.29. The van der Waals surface area contributed by atoms with Gasteiger partial charge in [0.1, 0.15) is 11.4 Å². The van der Waals surface area contributed by atoms with Crippen LogP contribution in [-0.2, 0) is 6.42 Å². The van der Waals surface area contributed by atoms with Gasteiger partial charge in [0.15, 0.2) is 0 Å². The summed E-state index contributed by atoms with van der Waals surface area (Å²) in [5.41, 5.74) is 5.82. The highest BCUT2D eigenvalue weighted by Gasteiger charge is 2.14. The number of anilines is 2. The first kappa shape index (κ1) is 16.9. The Kier molecular flexibility index (Phi) is 4.88. The second-order valence-corrected chi connectivity index (χ2v) is 6.20. The minimum absolute atomic E-state index is 0.495. The van der Waals surface area contributed by atoms with E-state index in [4.69, 9.17) is 4.98 Å². The van der Waals surface area contributed by atoms with Gasteiger partial charge in [-0.3, -0.25) is 0 Å². The van der Waals surface area contributed by atoms with E-state index in [-0.39, 0.29) is 0 Å². The molecule has 27 heavy (non-hydrogen) atoms. The lowest BCUT2D eigenvalue weighted by atomic mass is 10.0. The number of hydrogen-bond acceptors (Lipinski definition) is 4. The van der Waals surface area contributed by atoms with E-state index in [0.717, 1.165) is 34.6 Å². The largest absolute Gasteiger partial charge is 0.323 e. The number of para-hydroxylation sites is 1. The molecular weight excluding hydrogens is 332 g/mol. The summed E-state index contributed by atoms with van der Waals surface area (Å²) in [7, 11) is 0. The first-order valence-electron chi connectivity index (χ1n) is 9.05. The zero-order valence-corrected chi connectivity index (χ0v) is 15.1. The van der Waals surface area contributed by atoms with E-state index in [9.17, 15) is 0 Å². The van der Waals surface area contributed by atoms with Crippen LogP contribution >= 0.6 is 0 Å². The van der Waals surface area contributed by atoms with E-state index in [0.29, 0.717) is 5.95 Å². The van der Waals surface area contributed by atoms with Gasteiger partial charge in [-0.05, 0) is 18.1 Å². The molecule has 0 bridgehead atoms. The van der Waals surface area contributed by atoms with Crippen molar-refractivity contribution in [2.45, 2.75) is 13.3 Å². The number of nitrogens with one attached hydrogen (secondary N) is 1. The van der Waals surface area contributed by atoms with Gasteiger partial charge in [-0.2, -0.15) is 0 Å². The second-order valence-electron chi connectivity index (χ2n) is 6.20. The minimum Gasteiger partial charge on any atom is -0.323 e. The van der Waals surface area contributed by atoms with E-state index < -0.39 is 0 Å². The quantitative estimate of drug-likeness (QED) is 0.514. The summed E-state index contributed by atoms with van der Waals surface area (Å²) >= 11 is 0. The number of hydrogen-bond donors (Lipinski definition) is 1. The van der Waals surface area contributed by atoms with E-state index >= 15 is 0 Å². The molecule has 4 nitrogen and oxygen atoms in total. The molecule has 0 fully saturated rings. The Morgan fingerprint density at radius 3 is 1.93 bits per heavy atom. The van der Waals surface area contributed by atoms with E-state index in [1.54, 1.807) is 0 Å². The van der Waals surface area contributed by atoms with Gasteiger partial charge >= 0.3 is 0 Å². The number of rotatable bonds is 5. The highest BCUT2D eigenvalue weighted by atomic mass is 15.2. The molecule has 1 heterocycles. The second kappa shape index (κ2) is 7.79. The van der Waals surface area contributed by atoms with Gasteiger partial charge in [0.05, 0.1) is 0 Å². The number of aromatic nitrogens is 3. The molecule has 0 unspecified atom stereocenters. The fourth-order valence-electron chi connectivity index (χ4n) is 3.04. The van der Waals surface area contributed by atoms with Crippen LogP contribution in [0.1, 0.15) is 12.5 Å². The number of aryl methyl sites for hydroxylation is 1. The van der Waals surface area contributed by atoms with E-state index in [2.05, 4.69) is 28.5 Å². The van der Waals surface area contributed by atoms with Gasteiger partial charge in [-0.15, -0.1) is 10.2 Å². The lowest BCUT2D eigenvalue weighted by Crippen LogP contribution is -2.04. The number of benzene rings is 3. The average Bonchev–Trinajstić information content (AvgIpc) is 2.75. The first-order valence-corrected chi connectivity index (χ1v) is 9.05. The van der Waals surface area contributed by atoms with Gasteiger partial charge in [0.2, 0.25) is 5.95 Å². The van der Waals surface area contributed by atoms with Crippen molar-refractivity contribution in [2.24, 2.45) is 0 Å². The topological polar surface area (TPSA) is 50.7 Å². The molecule has 0 aliphatic carbocycles. The fourth-order valence-corrected chi connectivity index (χ4v) is 3.04. The molecule has 0 saturated carbocycles. The zero-order valence-electron chi connectivity index (χ0n) is 15.1. The van der Waals surface area contributed by atoms with Crippen LogP contribution in [0.5, 0.6) is 0 Å². The highest BCUT2D eigenvalue weighted by molar-refractivity contribution is 5.78. The molecule has 0 amide bonds. The first-order chi connectivity index (χ1) is 13.3. The van der Waals surface area contributed by atoms with Crippen LogP contribution in [-0.4, -0.2) is 15.2 Å². The van der Waals surface area contributed by atoms with Gasteiger partial charge in [0, 0.05) is 16.8 Å². The van der Waals surface area contributed by atoms with Gasteiger partial charge in [-0.1, -0.05) is 85.8 Å². The maximum Gasteiger partial charge on any atom is 0.247 e. The van der Waals surface area contributed by atoms with Crippen molar-refractivity contribution in [3.05, 3.63) is 90.5 Å². The molecule has 4 rings (SSSR count).